The molecule has 96 valence electrons. The summed E-state index contributed by atoms with van der Waals surface area (Å²) in [6.45, 7) is 0. The Kier molecular flexibility index (Phi) is 2.83. The van der Waals surface area contributed by atoms with Crippen LogP contribution in [-0.4, -0.2) is 0 Å². The second-order valence-electron chi connectivity index (χ2n) is 5.03. The lowest BCUT2D eigenvalue weighted by atomic mass is 10.00. The molecule has 0 fully saturated rings. The quantitative estimate of drug-likeness (QED) is 0.296. The van der Waals surface area contributed by atoms with Crippen molar-refractivity contribution in [2.45, 2.75) is 0 Å². The summed E-state index contributed by atoms with van der Waals surface area (Å²) < 4.78 is 2.24. The van der Waals surface area contributed by atoms with Crippen LogP contribution in [0.25, 0.3) is 32.3 Å². The minimum absolute atomic E-state index is 1.12. The maximum Gasteiger partial charge on any atom is 0.0181 e. The molecule has 20 heavy (non-hydrogen) atoms. The molecule has 0 nitrogen and oxygen atoms in total. The Bertz CT molecular complexity index is 890. The Labute approximate surface area is 133 Å². The summed E-state index contributed by atoms with van der Waals surface area (Å²) in [6.07, 6.45) is 0. The summed E-state index contributed by atoms with van der Waals surface area (Å²) in [4.78, 5) is 0. The smallest absolute Gasteiger partial charge is 0.0181 e. The second-order valence-corrected chi connectivity index (χ2v) is 6.87. The Morgan fingerprint density at radius 3 is 1.20 bits per heavy atom. The fraction of sp³-hybridized carbons (Fsp3) is 0. The van der Waals surface area contributed by atoms with E-state index in [0.29, 0.717) is 0 Å². The average Bonchev–Trinajstić information content (AvgIpc) is 2.43. The van der Waals surface area contributed by atoms with Crippen LogP contribution < -0.4 is 0 Å². The monoisotopic (exact) mass is 384 g/mol. The molecule has 4 aromatic carbocycles. The van der Waals surface area contributed by atoms with Crippen LogP contribution in [0.15, 0.2) is 69.6 Å². The van der Waals surface area contributed by atoms with Crippen LogP contribution in [0.2, 0.25) is 0 Å². The third-order valence-corrected chi connectivity index (χ3v) is 4.66. The molecule has 2 heteroatoms. The number of hydrogen-bond acceptors (Lipinski definition) is 0. The van der Waals surface area contributed by atoms with E-state index in [1.54, 1.807) is 0 Å². The molecule has 0 spiro atoms. The second kappa shape index (κ2) is 4.57. The molecular formula is C18H10Br2. The molecule has 0 bridgehead atoms. The van der Waals surface area contributed by atoms with E-state index in [2.05, 4.69) is 92.5 Å². The van der Waals surface area contributed by atoms with Gasteiger partial charge in [-0.05, 0) is 80.8 Å². The predicted octanol–water partition coefficient (Wildman–Crippen LogP) is 6.67. The van der Waals surface area contributed by atoms with Gasteiger partial charge in [0.25, 0.3) is 0 Å². The molecule has 4 aromatic rings. The van der Waals surface area contributed by atoms with Gasteiger partial charge in [-0.25, -0.2) is 0 Å². The lowest BCUT2D eigenvalue weighted by molar-refractivity contribution is 1.71. The number of benzene rings is 4. The molecule has 0 aliphatic carbocycles. The molecule has 0 aliphatic rings. The molecule has 0 unspecified atom stereocenters. The molecule has 0 radical (unpaired) electrons. The maximum absolute atomic E-state index is 3.54. The van der Waals surface area contributed by atoms with Gasteiger partial charge < -0.3 is 0 Å². The van der Waals surface area contributed by atoms with Gasteiger partial charge in [-0.15, -0.1) is 0 Å². The standard InChI is InChI=1S/C18H10Br2/c19-17-3-1-11-5-13-8-16-10-18(20)4-2-12(16)6-14(13)7-15(11)9-17/h1-10H. The third-order valence-electron chi connectivity index (χ3n) is 3.68. The first-order chi connectivity index (χ1) is 9.69. The van der Waals surface area contributed by atoms with Gasteiger partial charge in [0.05, 0.1) is 0 Å². The first kappa shape index (κ1) is 12.4. The van der Waals surface area contributed by atoms with E-state index in [0.717, 1.165) is 8.95 Å². The Hall–Kier alpha value is -1.38. The topological polar surface area (TPSA) is 0 Å². The summed E-state index contributed by atoms with van der Waals surface area (Å²) in [5.74, 6) is 0. The lowest BCUT2D eigenvalue weighted by Gasteiger charge is -2.06. The summed E-state index contributed by atoms with van der Waals surface area (Å²) in [7, 11) is 0. The van der Waals surface area contributed by atoms with Crippen molar-refractivity contribution in [3.63, 3.8) is 0 Å². The highest BCUT2D eigenvalue weighted by Gasteiger charge is 2.02. The minimum atomic E-state index is 1.12. The largest absolute Gasteiger partial charge is 0.0532 e. The molecule has 0 saturated carbocycles. The summed E-state index contributed by atoms with van der Waals surface area (Å²) >= 11 is 7.08. The fourth-order valence-electron chi connectivity index (χ4n) is 2.69. The van der Waals surface area contributed by atoms with Crippen LogP contribution in [0, 0.1) is 0 Å². The predicted molar refractivity (Wildman–Crippen MR) is 94.4 cm³/mol. The molecule has 0 aliphatic heterocycles. The Morgan fingerprint density at radius 1 is 0.400 bits per heavy atom. The first-order valence-electron chi connectivity index (χ1n) is 6.41. The molecule has 0 amide bonds. The number of halogens is 2. The summed E-state index contributed by atoms with van der Waals surface area (Å²) in [5.41, 5.74) is 0. The fourth-order valence-corrected chi connectivity index (χ4v) is 3.45. The van der Waals surface area contributed by atoms with Crippen molar-refractivity contribution < 1.29 is 0 Å². The zero-order valence-corrected chi connectivity index (χ0v) is 13.7. The van der Waals surface area contributed by atoms with Gasteiger partial charge in [0, 0.05) is 8.95 Å². The van der Waals surface area contributed by atoms with Crippen LogP contribution in [0.5, 0.6) is 0 Å². The number of rotatable bonds is 0. The van der Waals surface area contributed by atoms with E-state index >= 15 is 0 Å². The summed E-state index contributed by atoms with van der Waals surface area (Å²) in [5, 5.41) is 7.65. The molecule has 0 atom stereocenters. The van der Waals surface area contributed by atoms with Gasteiger partial charge in [-0.3, -0.25) is 0 Å². The molecule has 0 N–H and O–H groups in total. The van der Waals surface area contributed by atoms with Crippen LogP contribution >= 0.6 is 31.9 Å². The van der Waals surface area contributed by atoms with Crippen molar-refractivity contribution in [1.29, 1.82) is 0 Å². The van der Waals surface area contributed by atoms with E-state index in [4.69, 9.17) is 0 Å². The highest BCUT2D eigenvalue weighted by atomic mass is 79.9. The molecule has 0 aromatic heterocycles. The number of hydrogen-bond donors (Lipinski definition) is 0. The normalized spacial score (nSPS) is 11.5. The highest BCUT2D eigenvalue weighted by Crippen LogP contribution is 2.30. The van der Waals surface area contributed by atoms with Crippen LogP contribution in [0.4, 0.5) is 0 Å². The first-order valence-corrected chi connectivity index (χ1v) is 8.00. The molecule has 0 saturated heterocycles. The molecular weight excluding hydrogens is 376 g/mol. The zero-order chi connectivity index (χ0) is 13.7. The van der Waals surface area contributed by atoms with Crippen LogP contribution in [0.3, 0.4) is 0 Å². The van der Waals surface area contributed by atoms with Crippen molar-refractivity contribution in [2.75, 3.05) is 0 Å². The van der Waals surface area contributed by atoms with Gasteiger partial charge in [0.2, 0.25) is 0 Å². The lowest BCUT2D eigenvalue weighted by Crippen LogP contribution is -1.79. The van der Waals surface area contributed by atoms with Crippen LogP contribution in [0.1, 0.15) is 0 Å². The van der Waals surface area contributed by atoms with E-state index in [1.807, 2.05) is 0 Å². The Morgan fingerprint density at radius 2 is 0.750 bits per heavy atom. The maximum atomic E-state index is 3.54. The third kappa shape index (κ3) is 2.04. The van der Waals surface area contributed by atoms with Crippen molar-refractivity contribution in [1.82, 2.24) is 0 Å². The van der Waals surface area contributed by atoms with Gasteiger partial charge in [0.1, 0.15) is 0 Å². The van der Waals surface area contributed by atoms with Gasteiger partial charge in [-0.2, -0.15) is 0 Å². The van der Waals surface area contributed by atoms with Crippen molar-refractivity contribution in [2.24, 2.45) is 0 Å². The van der Waals surface area contributed by atoms with Crippen molar-refractivity contribution >= 4 is 64.2 Å². The molecule has 0 heterocycles. The van der Waals surface area contributed by atoms with Gasteiger partial charge >= 0.3 is 0 Å². The zero-order valence-electron chi connectivity index (χ0n) is 10.5. The van der Waals surface area contributed by atoms with Crippen molar-refractivity contribution in [3.8, 4) is 0 Å². The van der Waals surface area contributed by atoms with Crippen LogP contribution in [-0.2, 0) is 0 Å². The van der Waals surface area contributed by atoms with Crippen molar-refractivity contribution in [3.05, 3.63) is 69.6 Å². The van der Waals surface area contributed by atoms with E-state index in [1.165, 1.54) is 32.3 Å². The Balaban J connectivity index is 2.13. The van der Waals surface area contributed by atoms with Gasteiger partial charge in [-0.1, -0.05) is 44.0 Å². The number of fused-ring (bicyclic) bond motifs is 3. The SMILES string of the molecule is Brc1ccc2cc3cc4cc(Br)ccc4cc3cc2c1. The summed E-state index contributed by atoms with van der Waals surface area (Å²) in [6, 6.07) is 21.9. The van der Waals surface area contributed by atoms with E-state index in [-0.39, 0.29) is 0 Å². The average molecular weight is 386 g/mol. The van der Waals surface area contributed by atoms with Gasteiger partial charge in [0.15, 0.2) is 0 Å². The molecule has 4 rings (SSSR count). The van der Waals surface area contributed by atoms with E-state index < -0.39 is 0 Å². The minimum Gasteiger partial charge on any atom is -0.0532 e. The highest BCUT2D eigenvalue weighted by molar-refractivity contribution is 9.10. The van der Waals surface area contributed by atoms with E-state index in [9.17, 15) is 0 Å².